The Kier molecular flexibility index (Phi) is 9.70. The lowest BCUT2D eigenvalue weighted by Crippen LogP contribution is -2.35. The van der Waals surface area contributed by atoms with Gasteiger partial charge in [-0.2, -0.15) is 0 Å². The molecule has 0 bridgehead atoms. The van der Waals surface area contributed by atoms with Crippen molar-refractivity contribution in [3.05, 3.63) is 59.4 Å². The Balaban J connectivity index is 1.57. The highest BCUT2D eigenvalue weighted by Gasteiger charge is 2.17. The number of aromatic nitrogens is 2. The molecule has 1 aromatic heterocycles. The zero-order valence-electron chi connectivity index (χ0n) is 21.5. The predicted molar refractivity (Wildman–Crippen MR) is 140 cm³/mol. The van der Waals surface area contributed by atoms with Crippen molar-refractivity contribution >= 4 is 22.8 Å². The van der Waals surface area contributed by atoms with Crippen LogP contribution in [0.25, 0.3) is 11.0 Å². The van der Waals surface area contributed by atoms with Crippen LogP contribution in [0.2, 0.25) is 0 Å². The lowest BCUT2D eigenvalue weighted by Gasteiger charge is -2.22. The Morgan fingerprint density at radius 3 is 2.54 bits per heavy atom. The normalized spacial score (nSPS) is 11.0. The van der Waals surface area contributed by atoms with Crippen LogP contribution in [0.1, 0.15) is 50.1 Å². The molecule has 1 heterocycles. The van der Waals surface area contributed by atoms with Gasteiger partial charge in [-0.15, -0.1) is 0 Å². The minimum atomic E-state index is -0.149. The molecule has 0 aliphatic heterocycles. The molecule has 2 amide bonds. The first kappa shape index (κ1) is 26.3. The number of carbonyl (C=O) groups excluding carboxylic acids is 2. The quantitative estimate of drug-likeness (QED) is 0.369. The molecule has 0 saturated heterocycles. The monoisotopic (exact) mass is 478 g/mol. The zero-order chi connectivity index (χ0) is 25.2. The van der Waals surface area contributed by atoms with E-state index in [-0.39, 0.29) is 25.0 Å². The summed E-state index contributed by atoms with van der Waals surface area (Å²) in [5.74, 6) is 1.58. The maximum absolute atomic E-state index is 13.0. The van der Waals surface area contributed by atoms with Crippen LogP contribution in [-0.4, -0.2) is 52.5 Å². The second kappa shape index (κ2) is 12.9. The molecule has 1 N–H and O–H groups in total. The molecule has 7 heteroatoms. The highest BCUT2D eigenvalue weighted by atomic mass is 16.5. The Bertz CT molecular complexity index is 1130. The first-order chi connectivity index (χ1) is 16.9. The van der Waals surface area contributed by atoms with Crippen molar-refractivity contribution in [2.24, 2.45) is 0 Å². The van der Waals surface area contributed by atoms with Gasteiger partial charge in [0.2, 0.25) is 5.91 Å². The Labute approximate surface area is 208 Å². The average molecular weight is 479 g/mol. The van der Waals surface area contributed by atoms with E-state index >= 15 is 0 Å². The fourth-order valence-corrected chi connectivity index (χ4v) is 4.16. The molecule has 35 heavy (non-hydrogen) atoms. The van der Waals surface area contributed by atoms with E-state index in [0.717, 1.165) is 66.1 Å². The number of ether oxygens (including phenoxy) is 1. The highest BCUT2D eigenvalue weighted by molar-refractivity contribution is 5.81. The third-order valence-corrected chi connectivity index (χ3v) is 5.97. The van der Waals surface area contributed by atoms with Crippen LogP contribution < -0.4 is 10.1 Å². The molecule has 3 aromatic rings. The van der Waals surface area contributed by atoms with Crippen LogP contribution in [0.15, 0.2) is 42.5 Å². The number of hydrogen-bond acceptors (Lipinski definition) is 4. The van der Waals surface area contributed by atoms with E-state index in [1.165, 1.54) is 0 Å². The summed E-state index contributed by atoms with van der Waals surface area (Å²) in [5, 5.41) is 2.93. The minimum absolute atomic E-state index is 0.0119. The summed E-state index contributed by atoms with van der Waals surface area (Å²) < 4.78 is 7.72. The number of carbonyl (C=O) groups is 2. The third-order valence-electron chi connectivity index (χ3n) is 5.97. The number of fused-ring (bicyclic) bond motifs is 1. The van der Waals surface area contributed by atoms with E-state index in [9.17, 15) is 9.59 Å². The molecule has 3 rings (SSSR count). The van der Waals surface area contributed by atoms with Crippen molar-refractivity contribution in [3.63, 3.8) is 0 Å². The number of imidazole rings is 1. The van der Waals surface area contributed by atoms with Crippen LogP contribution in [0.3, 0.4) is 0 Å². The summed E-state index contributed by atoms with van der Waals surface area (Å²) in [5.41, 5.74) is 3.96. The van der Waals surface area contributed by atoms with Gasteiger partial charge in [0, 0.05) is 26.1 Å². The first-order valence-electron chi connectivity index (χ1n) is 12.6. The second-order valence-corrected chi connectivity index (χ2v) is 8.99. The SMILES string of the molecule is CCCN(CCC)C(=O)Cn1c(CCCNC(=O)COc2cc(C)ccc2C)nc2ccccc21. The van der Waals surface area contributed by atoms with Crippen molar-refractivity contribution in [1.82, 2.24) is 19.8 Å². The van der Waals surface area contributed by atoms with Gasteiger partial charge in [0.1, 0.15) is 18.1 Å². The second-order valence-electron chi connectivity index (χ2n) is 8.99. The van der Waals surface area contributed by atoms with Gasteiger partial charge in [-0.05, 0) is 62.4 Å². The lowest BCUT2D eigenvalue weighted by atomic mass is 10.1. The summed E-state index contributed by atoms with van der Waals surface area (Å²) in [7, 11) is 0. The highest BCUT2D eigenvalue weighted by Crippen LogP contribution is 2.19. The number of aryl methyl sites for hydroxylation is 3. The van der Waals surface area contributed by atoms with Crippen molar-refractivity contribution in [2.45, 2.75) is 59.9 Å². The molecule has 2 aromatic carbocycles. The maximum Gasteiger partial charge on any atom is 0.257 e. The number of amides is 2. The van der Waals surface area contributed by atoms with E-state index in [4.69, 9.17) is 9.72 Å². The Morgan fingerprint density at radius 1 is 1.06 bits per heavy atom. The van der Waals surface area contributed by atoms with Gasteiger partial charge in [-0.1, -0.05) is 38.1 Å². The van der Waals surface area contributed by atoms with Gasteiger partial charge in [0.15, 0.2) is 6.61 Å². The molecule has 0 spiro atoms. The van der Waals surface area contributed by atoms with Crippen molar-refractivity contribution < 1.29 is 14.3 Å². The predicted octanol–water partition coefficient (Wildman–Crippen LogP) is 4.43. The van der Waals surface area contributed by atoms with Crippen molar-refractivity contribution in [2.75, 3.05) is 26.2 Å². The molecular weight excluding hydrogens is 440 g/mol. The molecule has 0 atom stereocenters. The van der Waals surface area contributed by atoms with Gasteiger partial charge < -0.3 is 19.5 Å². The third kappa shape index (κ3) is 7.31. The van der Waals surface area contributed by atoms with Crippen LogP contribution in [-0.2, 0) is 22.6 Å². The first-order valence-corrected chi connectivity index (χ1v) is 12.6. The molecule has 0 saturated carbocycles. The molecule has 0 fully saturated rings. The minimum Gasteiger partial charge on any atom is -0.483 e. The summed E-state index contributed by atoms with van der Waals surface area (Å²) in [4.78, 5) is 32.0. The fraction of sp³-hybridized carbons (Fsp3) is 0.464. The number of hydrogen-bond donors (Lipinski definition) is 1. The van der Waals surface area contributed by atoms with E-state index in [0.29, 0.717) is 13.0 Å². The Morgan fingerprint density at radius 2 is 1.80 bits per heavy atom. The standard InChI is InChI=1S/C28H38N4O3/c1-5-16-31(17-6-2)28(34)19-32-24-11-8-7-10-23(24)30-26(32)12-9-15-29-27(33)20-35-25-18-21(3)13-14-22(25)4/h7-8,10-11,13-14,18H,5-6,9,12,15-17,19-20H2,1-4H3,(H,29,33). The number of benzene rings is 2. The number of nitrogens with one attached hydrogen (secondary N) is 1. The fourth-order valence-electron chi connectivity index (χ4n) is 4.16. The maximum atomic E-state index is 13.0. The summed E-state index contributed by atoms with van der Waals surface area (Å²) >= 11 is 0. The summed E-state index contributed by atoms with van der Waals surface area (Å²) in [6, 6.07) is 13.9. The zero-order valence-corrected chi connectivity index (χ0v) is 21.5. The molecule has 0 radical (unpaired) electrons. The van der Waals surface area contributed by atoms with E-state index in [2.05, 4.69) is 19.2 Å². The number of para-hydroxylation sites is 2. The van der Waals surface area contributed by atoms with Crippen molar-refractivity contribution in [3.8, 4) is 5.75 Å². The number of rotatable bonds is 13. The largest absolute Gasteiger partial charge is 0.483 e. The molecule has 0 aliphatic rings. The molecular formula is C28H38N4O3. The van der Waals surface area contributed by atoms with Crippen LogP contribution >= 0.6 is 0 Å². The van der Waals surface area contributed by atoms with Gasteiger partial charge in [0.25, 0.3) is 5.91 Å². The van der Waals surface area contributed by atoms with Gasteiger partial charge in [-0.3, -0.25) is 9.59 Å². The van der Waals surface area contributed by atoms with E-state index in [1.54, 1.807) is 0 Å². The summed E-state index contributed by atoms with van der Waals surface area (Å²) in [6.07, 6.45) is 3.27. The Hall–Kier alpha value is -3.35. The summed E-state index contributed by atoms with van der Waals surface area (Å²) in [6.45, 7) is 10.5. The van der Waals surface area contributed by atoms with Crippen molar-refractivity contribution in [1.29, 1.82) is 0 Å². The van der Waals surface area contributed by atoms with Gasteiger partial charge in [0.05, 0.1) is 11.0 Å². The van der Waals surface area contributed by atoms with Gasteiger partial charge >= 0.3 is 0 Å². The van der Waals surface area contributed by atoms with E-state index < -0.39 is 0 Å². The topological polar surface area (TPSA) is 76.5 Å². The number of nitrogens with zero attached hydrogens (tertiary/aromatic N) is 3. The van der Waals surface area contributed by atoms with Crippen LogP contribution in [0.4, 0.5) is 0 Å². The lowest BCUT2D eigenvalue weighted by molar-refractivity contribution is -0.132. The molecule has 7 nitrogen and oxygen atoms in total. The van der Waals surface area contributed by atoms with Gasteiger partial charge in [-0.25, -0.2) is 4.98 Å². The molecule has 0 aliphatic carbocycles. The van der Waals surface area contributed by atoms with Crippen LogP contribution in [0, 0.1) is 13.8 Å². The van der Waals surface area contributed by atoms with E-state index in [1.807, 2.05) is 65.8 Å². The molecule has 188 valence electrons. The molecule has 0 unspecified atom stereocenters. The smallest absolute Gasteiger partial charge is 0.257 e. The average Bonchev–Trinajstić information content (AvgIpc) is 3.19. The van der Waals surface area contributed by atoms with Crippen LogP contribution in [0.5, 0.6) is 5.75 Å².